The SMILES string of the molecule is CCSc1n[nH]c(NC(=O)c2ccc(C)c(C)c2)n1. The van der Waals surface area contributed by atoms with Crippen molar-refractivity contribution in [1.82, 2.24) is 15.2 Å². The van der Waals surface area contributed by atoms with Crippen LogP contribution in [0.1, 0.15) is 28.4 Å². The van der Waals surface area contributed by atoms with Gasteiger partial charge in [0, 0.05) is 5.56 Å². The molecule has 1 heterocycles. The average molecular weight is 276 g/mol. The van der Waals surface area contributed by atoms with Crippen LogP contribution in [-0.4, -0.2) is 26.8 Å². The Morgan fingerprint density at radius 2 is 2.16 bits per heavy atom. The Labute approximate surface area is 116 Å². The number of carbonyl (C=O) groups is 1. The Balaban J connectivity index is 2.09. The molecule has 1 aromatic carbocycles. The van der Waals surface area contributed by atoms with Gasteiger partial charge in [0.2, 0.25) is 11.1 Å². The zero-order chi connectivity index (χ0) is 13.8. The topological polar surface area (TPSA) is 70.7 Å². The number of hydrogen-bond donors (Lipinski definition) is 2. The lowest BCUT2D eigenvalue weighted by atomic mass is 10.1. The van der Waals surface area contributed by atoms with E-state index in [9.17, 15) is 4.79 Å². The summed E-state index contributed by atoms with van der Waals surface area (Å²) in [6.07, 6.45) is 0. The quantitative estimate of drug-likeness (QED) is 0.842. The van der Waals surface area contributed by atoms with Crippen LogP contribution >= 0.6 is 11.8 Å². The lowest BCUT2D eigenvalue weighted by Gasteiger charge is -2.04. The minimum Gasteiger partial charge on any atom is -0.291 e. The maximum atomic E-state index is 12.0. The molecule has 2 rings (SSSR count). The van der Waals surface area contributed by atoms with Crippen LogP contribution in [0.2, 0.25) is 0 Å². The molecule has 0 fully saturated rings. The number of aromatic nitrogens is 3. The van der Waals surface area contributed by atoms with Gasteiger partial charge in [0.05, 0.1) is 0 Å². The van der Waals surface area contributed by atoms with Crippen molar-refractivity contribution >= 4 is 23.6 Å². The summed E-state index contributed by atoms with van der Waals surface area (Å²) in [4.78, 5) is 16.2. The van der Waals surface area contributed by atoms with Crippen LogP contribution in [0, 0.1) is 13.8 Å². The normalized spacial score (nSPS) is 10.5. The number of amides is 1. The van der Waals surface area contributed by atoms with Crippen LogP contribution in [0.3, 0.4) is 0 Å². The van der Waals surface area contributed by atoms with Crippen LogP contribution in [0.4, 0.5) is 5.95 Å². The molecule has 0 spiro atoms. The van der Waals surface area contributed by atoms with Crippen molar-refractivity contribution < 1.29 is 4.79 Å². The highest BCUT2D eigenvalue weighted by atomic mass is 32.2. The number of hydrogen-bond acceptors (Lipinski definition) is 4. The predicted molar refractivity (Wildman–Crippen MR) is 76.6 cm³/mol. The summed E-state index contributed by atoms with van der Waals surface area (Å²) in [5, 5.41) is 10.0. The second-order valence-electron chi connectivity index (χ2n) is 4.15. The number of carbonyl (C=O) groups excluding carboxylic acids is 1. The largest absolute Gasteiger partial charge is 0.291 e. The molecule has 0 saturated carbocycles. The fraction of sp³-hybridized carbons (Fsp3) is 0.308. The van der Waals surface area contributed by atoms with Crippen molar-refractivity contribution in [3.63, 3.8) is 0 Å². The van der Waals surface area contributed by atoms with Gasteiger partial charge in [-0.25, -0.2) is 5.10 Å². The maximum Gasteiger partial charge on any atom is 0.258 e. The van der Waals surface area contributed by atoms with Crippen molar-refractivity contribution in [2.75, 3.05) is 11.1 Å². The summed E-state index contributed by atoms with van der Waals surface area (Å²) in [6.45, 7) is 6.02. The zero-order valence-corrected chi connectivity index (χ0v) is 12.0. The third-order valence-electron chi connectivity index (χ3n) is 2.74. The van der Waals surface area contributed by atoms with E-state index in [1.165, 1.54) is 11.8 Å². The number of aryl methyl sites for hydroxylation is 2. The number of nitrogens with zero attached hydrogens (tertiary/aromatic N) is 2. The number of thioether (sulfide) groups is 1. The lowest BCUT2D eigenvalue weighted by molar-refractivity contribution is 0.102. The number of aromatic amines is 1. The van der Waals surface area contributed by atoms with Gasteiger partial charge in [0.15, 0.2) is 0 Å². The summed E-state index contributed by atoms with van der Waals surface area (Å²) >= 11 is 1.52. The molecule has 0 saturated heterocycles. The fourth-order valence-corrected chi connectivity index (χ4v) is 2.08. The van der Waals surface area contributed by atoms with Gasteiger partial charge < -0.3 is 0 Å². The van der Waals surface area contributed by atoms with E-state index in [1.807, 2.05) is 32.9 Å². The van der Waals surface area contributed by atoms with E-state index in [2.05, 4.69) is 20.5 Å². The van der Waals surface area contributed by atoms with E-state index >= 15 is 0 Å². The molecule has 100 valence electrons. The van der Waals surface area contributed by atoms with E-state index in [-0.39, 0.29) is 5.91 Å². The van der Waals surface area contributed by atoms with Gasteiger partial charge in [-0.1, -0.05) is 24.8 Å². The molecule has 0 radical (unpaired) electrons. The van der Waals surface area contributed by atoms with Crippen molar-refractivity contribution in [2.45, 2.75) is 25.9 Å². The van der Waals surface area contributed by atoms with E-state index in [0.29, 0.717) is 16.7 Å². The standard InChI is InChI=1S/C13H16N4OS/c1-4-19-13-15-12(16-17-13)14-11(18)10-6-5-8(2)9(3)7-10/h5-7H,4H2,1-3H3,(H2,14,15,16,17,18). The minimum absolute atomic E-state index is 0.188. The molecule has 2 aromatic rings. The Hall–Kier alpha value is -1.82. The molecule has 0 aliphatic rings. The summed E-state index contributed by atoms with van der Waals surface area (Å²) < 4.78 is 0. The number of anilines is 1. The first kappa shape index (κ1) is 13.6. The van der Waals surface area contributed by atoms with E-state index in [0.717, 1.165) is 16.9 Å². The van der Waals surface area contributed by atoms with E-state index in [1.54, 1.807) is 6.07 Å². The zero-order valence-electron chi connectivity index (χ0n) is 11.2. The van der Waals surface area contributed by atoms with Crippen molar-refractivity contribution in [3.05, 3.63) is 34.9 Å². The molecule has 1 amide bonds. The number of H-pyrrole nitrogens is 1. The third kappa shape index (κ3) is 3.35. The van der Waals surface area contributed by atoms with Gasteiger partial charge in [0.25, 0.3) is 5.91 Å². The first-order chi connectivity index (χ1) is 9.10. The number of benzene rings is 1. The van der Waals surface area contributed by atoms with Crippen molar-refractivity contribution in [2.24, 2.45) is 0 Å². The van der Waals surface area contributed by atoms with Crippen LogP contribution in [0.25, 0.3) is 0 Å². The van der Waals surface area contributed by atoms with Crippen LogP contribution in [0.5, 0.6) is 0 Å². The highest BCUT2D eigenvalue weighted by Crippen LogP contribution is 2.14. The molecular formula is C13H16N4OS. The first-order valence-electron chi connectivity index (χ1n) is 6.04. The molecule has 0 atom stereocenters. The fourth-order valence-electron chi connectivity index (χ4n) is 1.56. The molecular weight excluding hydrogens is 260 g/mol. The average Bonchev–Trinajstić information content (AvgIpc) is 2.80. The Morgan fingerprint density at radius 3 is 2.84 bits per heavy atom. The summed E-state index contributed by atoms with van der Waals surface area (Å²) in [5.74, 6) is 1.08. The summed E-state index contributed by atoms with van der Waals surface area (Å²) in [5.41, 5.74) is 2.87. The molecule has 5 nitrogen and oxygen atoms in total. The Kier molecular flexibility index (Phi) is 4.21. The molecule has 0 unspecified atom stereocenters. The van der Waals surface area contributed by atoms with Gasteiger partial charge in [-0.15, -0.1) is 5.10 Å². The molecule has 0 aliphatic carbocycles. The third-order valence-corrected chi connectivity index (χ3v) is 3.47. The van der Waals surface area contributed by atoms with E-state index < -0.39 is 0 Å². The number of rotatable bonds is 4. The minimum atomic E-state index is -0.188. The Morgan fingerprint density at radius 1 is 1.37 bits per heavy atom. The van der Waals surface area contributed by atoms with Gasteiger partial charge in [-0.05, 0) is 42.9 Å². The summed E-state index contributed by atoms with van der Waals surface area (Å²) in [7, 11) is 0. The van der Waals surface area contributed by atoms with E-state index in [4.69, 9.17) is 0 Å². The second kappa shape index (κ2) is 5.88. The Bertz CT molecular complexity index is 594. The van der Waals surface area contributed by atoms with Crippen LogP contribution in [-0.2, 0) is 0 Å². The highest BCUT2D eigenvalue weighted by molar-refractivity contribution is 7.99. The highest BCUT2D eigenvalue weighted by Gasteiger charge is 2.10. The molecule has 1 aromatic heterocycles. The predicted octanol–water partition coefficient (Wildman–Crippen LogP) is 2.79. The molecule has 0 bridgehead atoms. The second-order valence-corrected chi connectivity index (χ2v) is 5.38. The van der Waals surface area contributed by atoms with Crippen molar-refractivity contribution in [1.29, 1.82) is 0 Å². The molecule has 6 heteroatoms. The smallest absolute Gasteiger partial charge is 0.258 e. The van der Waals surface area contributed by atoms with Gasteiger partial charge in [-0.2, -0.15) is 4.98 Å². The maximum absolute atomic E-state index is 12.0. The van der Waals surface area contributed by atoms with Gasteiger partial charge >= 0.3 is 0 Å². The van der Waals surface area contributed by atoms with Crippen LogP contribution < -0.4 is 5.32 Å². The molecule has 0 aliphatic heterocycles. The lowest BCUT2D eigenvalue weighted by Crippen LogP contribution is -2.13. The number of nitrogens with one attached hydrogen (secondary N) is 2. The summed E-state index contributed by atoms with van der Waals surface area (Å²) in [6, 6.07) is 5.60. The molecule has 19 heavy (non-hydrogen) atoms. The van der Waals surface area contributed by atoms with Crippen LogP contribution in [0.15, 0.2) is 23.4 Å². The first-order valence-corrected chi connectivity index (χ1v) is 7.02. The molecule has 2 N–H and O–H groups in total. The monoisotopic (exact) mass is 276 g/mol. The van der Waals surface area contributed by atoms with Crippen molar-refractivity contribution in [3.8, 4) is 0 Å². The van der Waals surface area contributed by atoms with Gasteiger partial charge in [-0.3, -0.25) is 10.1 Å². The van der Waals surface area contributed by atoms with Gasteiger partial charge in [0.1, 0.15) is 0 Å².